The largest absolute Gasteiger partial charge is 0.508 e. The lowest BCUT2D eigenvalue weighted by molar-refractivity contribution is 0.0728. The van der Waals surface area contributed by atoms with E-state index in [0.717, 1.165) is 16.3 Å². The van der Waals surface area contributed by atoms with Gasteiger partial charge in [0.2, 0.25) is 0 Å². The first-order valence-corrected chi connectivity index (χ1v) is 6.50. The van der Waals surface area contributed by atoms with Crippen molar-refractivity contribution >= 4 is 16.7 Å². The lowest BCUT2D eigenvalue weighted by Crippen LogP contribution is -2.12. The number of phenolic OH excluding ortho intramolecular Hbond substituents is 1. The third-order valence-electron chi connectivity index (χ3n) is 3.21. The fourth-order valence-corrected chi connectivity index (χ4v) is 2.13. The maximum absolute atomic E-state index is 12.1. The average molecular weight is 279 g/mol. The number of pyridine rings is 1. The summed E-state index contributed by atoms with van der Waals surface area (Å²) in [6.45, 7) is 1.81. The maximum Gasteiger partial charge on any atom is 0.362 e. The third kappa shape index (κ3) is 2.69. The summed E-state index contributed by atoms with van der Waals surface area (Å²) in [5.41, 5.74) is 1.08. The quantitative estimate of drug-likeness (QED) is 0.576. The molecule has 1 heterocycles. The summed E-state index contributed by atoms with van der Waals surface area (Å²) >= 11 is 0. The van der Waals surface area contributed by atoms with E-state index in [1.807, 2.05) is 13.0 Å². The summed E-state index contributed by atoms with van der Waals surface area (Å²) < 4.78 is 5.36. The standard InChI is InChI=1S/C17H13NO3/c1-11-3-2-8-18-16(11)17(20)21-15-7-5-12-9-14(19)6-4-13(12)10-15/h2-10,19H,1H3. The number of ether oxygens (including phenoxy) is 1. The Morgan fingerprint density at radius 3 is 2.67 bits per heavy atom. The Balaban J connectivity index is 1.90. The van der Waals surface area contributed by atoms with E-state index in [1.165, 1.54) is 0 Å². The van der Waals surface area contributed by atoms with Crippen LogP contribution in [0.25, 0.3) is 10.8 Å². The Morgan fingerprint density at radius 2 is 1.86 bits per heavy atom. The van der Waals surface area contributed by atoms with Gasteiger partial charge in [-0.25, -0.2) is 9.78 Å². The second-order valence-corrected chi connectivity index (χ2v) is 4.75. The normalized spacial score (nSPS) is 10.5. The molecular formula is C17H13NO3. The van der Waals surface area contributed by atoms with Crippen molar-refractivity contribution < 1.29 is 14.6 Å². The number of aromatic hydroxyl groups is 1. The van der Waals surface area contributed by atoms with Gasteiger partial charge in [-0.1, -0.05) is 18.2 Å². The summed E-state index contributed by atoms with van der Waals surface area (Å²) in [5, 5.41) is 11.2. The number of benzene rings is 2. The van der Waals surface area contributed by atoms with Crippen molar-refractivity contribution in [3.05, 3.63) is 66.0 Å². The molecule has 104 valence electrons. The summed E-state index contributed by atoms with van der Waals surface area (Å²) in [7, 11) is 0. The van der Waals surface area contributed by atoms with E-state index in [0.29, 0.717) is 11.4 Å². The lowest BCUT2D eigenvalue weighted by atomic mass is 10.1. The monoisotopic (exact) mass is 279 g/mol. The lowest BCUT2D eigenvalue weighted by Gasteiger charge is -2.07. The van der Waals surface area contributed by atoms with E-state index >= 15 is 0 Å². The molecule has 0 aliphatic carbocycles. The average Bonchev–Trinajstić information content (AvgIpc) is 2.48. The zero-order valence-electron chi connectivity index (χ0n) is 11.4. The summed E-state index contributed by atoms with van der Waals surface area (Å²) in [6, 6.07) is 13.8. The molecule has 0 radical (unpaired) electrons. The van der Waals surface area contributed by atoms with Gasteiger partial charge in [0.25, 0.3) is 0 Å². The molecule has 3 rings (SSSR count). The van der Waals surface area contributed by atoms with Gasteiger partial charge in [0.05, 0.1) is 0 Å². The molecule has 2 aromatic carbocycles. The minimum Gasteiger partial charge on any atom is -0.508 e. The highest BCUT2D eigenvalue weighted by molar-refractivity contribution is 5.91. The number of aromatic nitrogens is 1. The molecule has 0 aliphatic rings. The molecule has 0 bridgehead atoms. The van der Waals surface area contributed by atoms with Gasteiger partial charge in [-0.15, -0.1) is 0 Å². The van der Waals surface area contributed by atoms with Gasteiger partial charge in [0.1, 0.15) is 11.5 Å². The van der Waals surface area contributed by atoms with Gasteiger partial charge < -0.3 is 9.84 Å². The molecule has 1 aromatic heterocycles. The van der Waals surface area contributed by atoms with Crippen molar-refractivity contribution in [1.82, 2.24) is 4.98 Å². The highest BCUT2D eigenvalue weighted by Crippen LogP contribution is 2.24. The predicted octanol–water partition coefficient (Wildman–Crippen LogP) is 3.47. The molecule has 0 atom stereocenters. The minimum atomic E-state index is -0.480. The number of rotatable bonds is 2. The fraction of sp³-hybridized carbons (Fsp3) is 0.0588. The molecule has 0 spiro atoms. The first kappa shape index (κ1) is 13.1. The summed E-state index contributed by atoms with van der Waals surface area (Å²) in [4.78, 5) is 16.1. The second kappa shape index (κ2) is 5.25. The molecule has 4 nitrogen and oxygen atoms in total. The Labute approximate surface area is 121 Å². The fourth-order valence-electron chi connectivity index (χ4n) is 2.13. The van der Waals surface area contributed by atoms with Gasteiger partial charge >= 0.3 is 5.97 Å². The van der Waals surface area contributed by atoms with Crippen LogP contribution in [-0.2, 0) is 0 Å². The van der Waals surface area contributed by atoms with Crippen LogP contribution in [0.2, 0.25) is 0 Å². The van der Waals surface area contributed by atoms with Crippen molar-refractivity contribution in [3.8, 4) is 11.5 Å². The number of aryl methyl sites for hydroxylation is 1. The number of hydrogen-bond donors (Lipinski definition) is 1. The zero-order chi connectivity index (χ0) is 14.8. The van der Waals surface area contributed by atoms with Gasteiger partial charge in [-0.3, -0.25) is 0 Å². The minimum absolute atomic E-state index is 0.205. The van der Waals surface area contributed by atoms with E-state index in [9.17, 15) is 9.90 Å². The van der Waals surface area contributed by atoms with Gasteiger partial charge in [-0.05, 0) is 53.6 Å². The van der Waals surface area contributed by atoms with Crippen LogP contribution in [0.15, 0.2) is 54.7 Å². The van der Waals surface area contributed by atoms with Gasteiger partial charge in [0, 0.05) is 6.20 Å². The molecule has 0 fully saturated rings. The maximum atomic E-state index is 12.1. The summed E-state index contributed by atoms with van der Waals surface area (Å²) in [6.07, 6.45) is 1.56. The molecule has 0 amide bonds. The highest BCUT2D eigenvalue weighted by atomic mass is 16.5. The molecular weight excluding hydrogens is 266 g/mol. The molecule has 4 heteroatoms. The van der Waals surface area contributed by atoms with Crippen molar-refractivity contribution in [3.63, 3.8) is 0 Å². The molecule has 21 heavy (non-hydrogen) atoms. The zero-order valence-corrected chi connectivity index (χ0v) is 11.4. The summed E-state index contributed by atoms with van der Waals surface area (Å²) in [5.74, 6) is 0.172. The second-order valence-electron chi connectivity index (χ2n) is 4.75. The molecule has 1 N–H and O–H groups in total. The van der Waals surface area contributed by atoms with E-state index < -0.39 is 5.97 Å². The van der Waals surface area contributed by atoms with E-state index in [1.54, 1.807) is 48.7 Å². The van der Waals surface area contributed by atoms with Crippen molar-refractivity contribution in [2.45, 2.75) is 6.92 Å². The van der Waals surface area contributed by atoms with Crippen LogP contribution in [0.4, 0.5) is 0 Å². The Bertz CT molecular complexity index is 827. The molecule has 0 saturated heterocycles. The van der Waals surface area contributed by atoms with Crippen LogP contribution >= 0.6 is 0 Å². The topological polar surface area (TPSA) is 59.4 Å². The van der Waals surface area contributed by atoms with E-state index in [-0.39, 0.29) is 5.75 Å². The highest BCUT2D eigenvalue weighted by Gasteiger charge is 2.12. The Hall–Kier alpha value is -2.88. The van der Waals surface area contributed by atoms with E-state index in [4.69, 9.17) is 4.74 Å². The van der Waals surface area contributed by atoms with Crippen LogP contribution < -0.4 is 4.74 Å². The molecule has 0 saturated carbocycles. The Morgan fingerprint density at radius 1 is 1.10 bits per heavy atom. The number of nitrogens with zero attached hydrogens (tertiary/aromatic N) is 1. The van der Waals surface area contributed by atoms with Gasteiger partial charge in [-0.2, -0.15) is 0 Å². The Kier molecular flexibility index (Phi) is 3.28. The van der Waals surface area contributed by atoms with Crippen molar-refractivity contribution in [2.75, 3.05) is 0 Å². The smallest absolute Gasteiger partial charge is 0.362 e. The number of esters is 1. The number of carbonyl (C=O) groups is 1. The third-order valence-corrected chi connectivity index (χ3v) is 3.21. The van der Waals surface area contributed by atoms with Crippen molar-refractivity contribution in [1.29, 1.82) is 0 Å². The van der Waals surface area contributed by atoms with E-state index in [2.05, 4.69) is 4.98 Å². The number of fused-ring (bicyclic) bond motifs is 1. The van der Waals surface area contributed by atoms with Gasteiger partial charge in [0.15, 0.2) is 5.69 Å². The molecule has 0 aliphatic heterocycles. The van der Waals surface area contributed by atoms with Crippen LogP contribution in [0, 0.1) is 6.92 Å². The molecule has 3 aromatic rings. The van der Waals surface area contributed by atoms with Crippen LogP contribution in [-0.4, -0.2) is 16.1 Å². The molecule has 0 unspecified atom stereocenters. The van der Waals surface area contributed by atoms with Crippen molar-refractivity contribution in [2.24, 2.45) is 0 Å². The van der Waals surface area contributed by atoms with Crippen LogP contribution in [0.3, 0.4) is 0 Å². The number of phenols is 1. The SMILES string of the molecule is Cc1cccnc1C(=O)Oc1ccc2cc(O)ccc2c1. The predicted molar refractivity (Wildman–Crippen MR) is 79.5 cm³/mol. The number of hydrogen-bond acceptors (Lipinski definition) is 4. The van der Waals surface area contributed by atoms with Crippen LogP contribution in [0.5, 0.6) is 11.5 Å². The first-order valence-electron chi connectivity index (χ1n) is 6.50. The van der Waals surface area contributed by atoms with Crippen LogP contribution in [0.1, 0.15) is 16.1 Å². The first-order chi connectivity index (χ1) is 10.1. The number of carbonyl (C=O) groups excluding carboxylic acids is 1.